The minimum absolute atomic E-state index is 0. The molecule has 0 aromatic heterocycles. The van der Waals surface area contributed by atoms with E-state index >= 15 is 0 Å². The standard InChI is InChI=1S/C10H19NO.CH4/c1-7(2)9-5-6-11(8(3)4)10(9)12;/h7-9H,5-6H2,1-4H3;1H4. The van der Waals surface area contributed by atoms with Gasteiger partial charge in [0.2, 0.25) is 5.91 Å². The highest BCUT2D eigenvalue weighted by Crippen LogP contribution is 2.26. The van der Waals surface area contributed by atoms with Crippen molar-refractivity contribution in [2.75, 3.05) is 6.54 Å². The monoisotopic (exact) mass is 185 g/mol. The van der Waals surface area contributed by atoms with E-state index in [9.17, 15) is 4.79 Å². The Morgan fingerprint density at radius 2 is 1.85 bits per heavy atom. The predicted molar refractivity (Wildman–Crippen MR) is 56.5 cm³/mol. The lowest BCUT2D eigenvalue weighted by atomic mass is 9.95. The Hall–Kier alpha value is -0.530. The van der Waals surface area contributed by atoms with Crippen molar-refractivity contribution in [2.45, 2.75) is 47.6 Å². The molecule has 1 atom stereocenters. The molecule has 0 radical (unpaired) electrons. The van der Waals surface area contributed by atoms with Crippen molar-refractivity contribution in [1.82, 2.24) is 4.90 Å². The van der Waals surface area contributed by atoms with Gasteiger partial charge in [-0.15, -0.1) is 0 Å². The first-order valence-electron chi connectivity index (χ1n) is 4.84. The summed E-state index contributed by atoms with van der Waals surface area (Å²) >= 11 is 0. The first-order valence-corrected chi connectivity index (χ1v) is 4.84. The highest BCUT2D eigenvalue weighted by atomic mass is 16.2. The van der Waals surface area contributed by atoms with Gasteiger partial charge in [0.25, 0.3) is 0 Å². The molecule has 0 N–H and O–H groups in total. The SMILES string of the molecule is C.CC(C)C1CCN(C(C)C)C1=O. The van der Waals surface area contributed by atoms with E-state index in [0.717, 1.165) is 13.0 Å². The average molecular weight is 185 g/mol. The molecule has 1 heterocycles. The lowest BCUT2D eigenvalue weighted by Gasteiger charge is -2.21. The zero-order chi connectivity index (χ0) is 9.30. The zero-order valence-corrected chi connectivity index (χ0v) is 8.50. The van der Waals surface area contributed by atoms with Gasteiger partial charge in [0, 0.05) is 18.5 Å². The minimum Gasteiger partial charge on any atom is -0.340 e. The molecular weight excluding hydrogens is 162 g/mol. The van der Waals surface area contributed by atoms with E-state index in [0.29, 0.717) is 17.9 Å². The van der Waals surface area contributed by atoms with Crippen molar-refractivity contribution >= 4 is 5.91 Å². The predicted octanol–water partition coefficient (Wildman–Crippen LogP) is 2.54. The van der Waals surface area contributed by atoms with Crippen LogP contribution in [0.2, 0.25) is 0 Å². The summed E-state index contributed by atoms with van der Waals surface area (Å²) in [5.74, 6) is 1.15. The number of likely N-dealkylation sites (tertiary alicyclic amines) is 1. The highest BCUT2D eigenvalue weighted by molar-refractivity contribution is 5.81. The van der Waals surface area contributed by atoms with Crippen LogP contribution in [0.1, 0.15) is 41.5 Å². The molecular formula is C11H23NO. The molecule has 0 saturated carbocycles. The Kier molecular flexibility index (Phi) is 4.45. The van der Waals surface area contributed by atoms with Crippen LogP contribution < -0.4 is 0 Å². The van der Waals surface area contributed by atoms with E-state index in [1.807, 2.05) is 4.90 Å². The van der Waals surface area contributed by atoms with Gasteiger partial charge in [0.15, 0.2) is 0 Å². The largest absolute Gasteiger partial charge is 0.340 e. The summed E-state index contributed by atoms with van der Waals surface area (Å²) in [6.45, 7) is 9.39. The molecule has 0 aromatic carbocycles. The summed E-state index contributed by atoms with van der Waals surface area (Å²) in [6, 6.07) is 0.376. The molecule has 0 spiro atoms. The Morgan fingerprint density at radius 1 is 1.31 bits per heavy atom. The van der Waals surface area contributed by atoms with E-state index < -0.39 is 0 Å². The maximum atomic E-state index is 11.7. The van der Waals surface area contributed by atoms with Crippen LogP contribution in [0.25, 0.3) is 0 Å². The second-order valence-electron chi connectivity index (χ2n) is 4.26. The van der Waals surface area contributed by atoms with Crippen molar-refractivity contribution in [2.24, 2.45) is 11.8 Å². The summed E-state index contributed by atoms with van der Waals surface area (Å²) in [5.41, 5.74) is 0. The van der Waals surface area contributed by atoms with Crippen LogP contribution in [-0.4, -0.2) is 23.4 Å². The van der Waals surface area contributed by atoms with Crippen molar-refractivity contribution in [3.05, 3.63) is 0 Å². The van der Waals surface area contributed by atoms with Crippen LogP contribution in [0.5, 0.6) is 0 Å². The normalized spacial score (nSPS) is 22.8. The molecule has 1 saturated heterocycles. The molecule has 1 amide bonds. The van der Waals surface area contributed by atoms with Gasteiger partial charge in [-0.2, -0.15) is 0 Å². The van der Waals surface area contributed by atoms with E-state index in [1.54, 1.807) is 0 Å². The van der Waals surface area contributed by atoms with Crippen molar-refractivity contribution in [3.63, 3.8) is 0 Å². The first-order chi connectivity index (χ1) is 5.54. The summed E-state index contributed by atoms with van der Waals surface area (Å²) in [5, 5.41) is 0. The van der Waals surface area contributed by atoms with Gasteiger partial charge in [-0.3, -0.25) is 4.79 Å². The third-order valence-electron chi connectivity index (χ3n) is 2.71. The molecule has 1 aliphatic heterocycles. The third-order valence-corrected chi connectivity index (χ3v) is 2.71. The quantitative estimate of drug-likeness (QED) is 0.647. The highest BCUT2D eigenvalue weighted by Gasteiger charge is 2.34. The molecule has 0 aliphatic carbocycles. The Morgan fingerprint density at radius 3 is 2.08 bits per heavy atom. The van der Waals surface area contributed by atoms with E-state index in [-0.39, 0.29) is 13.3 Å². The molecule has 1 rings (SSSR count). The smallest absolute Gasteiger partial charge is 0.226 e. The summed E-state index contributed by atoms with van der Waals surface area (Å²) in [7, 11) is 0. The van der Waals surface area contributed by atoms with Crippen LogP contribution in [0.15, 0.2) is 0 Å². The summed E-state index contributed by atoms with van der Waals surface area (Å²) in [4.78, 5) is 13.7. The van der Waals surface area contributed by atoms with Crippen LogP contribution in [0, 0.1) is 11.8 Å². The van der Waals surface area contributed by atoms with Gasteiger partial charge in [0.1, 0.15) is 0 Å². The molecule has 2 nitrogen and oxygen atoms in total. The van der Waals surface area contributed by atoms with Crippen LogP contribution >= 0.6 is 0 Å². The summed E-state index contributed by atoms with van der Waals surface area (Å²) < 4.78 is 0. The molecule has 1 aliphatic rings. The fraction of sp³-hybridized carbons (Fsp3) is 0.909. The molecule has 0 bridgehead atoms. The van der Waals surface area contributed by atoms with E-state index in [4.69, 9.17) is 0 Å². The van der Waals surface area contributed by atoms with Gasteiger partial charge in [-0.25, -0.2) is 0 Å². The minimum atomic E-state index is 0. The molecule has 2 heteroatoms. The Bertz CT molecular complexity index is 157. The maximum absolute atomic E-state index is 11.7. The summed E-state index contributed by atoms with van der Waals surface area (Å²) in [6.07, 6.45) is 1.05. The average Bonchev–Trinajstić information content (AvgIpc) is 2.30. The second-order valence-corrected chi connectivity index (χ2v) is 4.26. The van der Waals surface area contributed by atoms with Crippen LogP contribution in [0.3, 0.4) is 0 Å². The molecule has 1 unspecified atom stereocenters. The van der Waals surface area contributed by atoms with Crippen LogP contribution in [-0.2, 0) is 4.79 Å². The number of carbonyl (C=O) groups excluding carboxylic acids is 1. The number of amides is 1. The van der Waals surface area contributed by atoms with Gasteiger partial charge >= 0.3 is 0 Å². The fourth-order valence-corrected chi connectivity index (χ4v) is 1.86. The zero-order valence-electron chi connectivity index (χ0n) is 8.50. The Balaban J connectivity index is 0.00000144. The topological polar surface area (TPSA) is 20.3 Å². The number of hydrogen-bond acceptors (Lipinski definition) is 1. The van der Waals surface area contributed by atoms with Gasteiger partial charge in [0.05, 0.1) is 0 Å². The third kappa shape index (κ3) is 2.45. The molecule has 78 valence electrons. The van der Waals surface area contributed by atoms with E-state index in [1.165, 1.54) is 0 Å². The van der Waals surface area contributed by atoms with Crippen LogP contribution in [0.4, 0.5) is 0 Å². The van der Waals surface area contributed by atoms with Gasteiger partial charge < -0.3 is 4.90 Å². The van der Waals surface area contributed by atoms with Crippen molar-refractivity contribution in [1.29, 1.82) is 0 Å². The Labute approximate surface area is 82.3 Å². The molecule has 0 aromatic rings. The lowest BCUT2D eigenvalue weighted by Crippen LogP contribution is -2.34. The second kappa shape index (κ2) is 4.64. The van der Waals surface area contributed by atoms with Gasteiger partial charge in [-0.05, 0) is 26.2 Å². The number of nitrogens with zero attached hydrogens (tertiary/aromatic N) is 1. The number of hydrogen-bond donors (Lipinski definition) is 0. The fourth-order valence-electron chi connectivity index (χ4n) is 1.86. The number of carbonyl (C=O) groups is 1. The molecule has 13 heavy (non-hydrogen) atoms. The van der Waals surface area contributed by atoms with E-state index in [2.05, 4.69) is 27.7 Å². The van der Waals surface area contributed by atoms with Crippen molar-refractivity contribution < 1.29 is 4.79 Å². The lowest BCUT2D eigenvalue weighted by molar-refractivity contribution is -0.133. The van der Waals surface area contributed by atoms with Crippen molar-refractivity contribution in [3.8, 4) is 0 Å². The maximum Gasteiger partial charge on any atom is 0.226 e. The first kappa shape index (κ1) is 12.5. The molecule has 1 fully saturated rings. The number of rotatable bonds is 2. The van der Waals surface area contributed by atoms with Gasteiger partial charge in [-0.1, -0.05) is 21.3 Å².